The molecule has 0 fully saturated rings. The van der Waals surface area contributed by atoms with E-state index in [1.165, 1.54) is 0 Å². The van der Waals surface area contributed by atoms with Crippen molar-refractivity contribution < 1.29 is 9.53 Å². The summed E-state index contributed by atoms with van der Waals surface area (Å²) < 4.78 is 7.59. The van der Waals surface area contributed by atoms with Crippen molar-refractivity contribution in [3.63, 3.8) is 0 Å². The molecule has 0 aliphatic carbocycles. The second kappa shape index (κ2) is 7.67. The molecule has 0 aliphatic heterocycles. The first kappa shape index (κ1) is 19.7. The van der Waals surface area contributed by atoms with Gasteiger partial charge in [-0.25, -0.2) is 4.98 Å². The summed E-state index contributed by atoms with van der Waals surface area (Å²) >= 11 is 0. The second-order valence-electron chi connectivity index (χ2n) is 7.51. The average Bonchev–Trinajstić information content (AvgIpc) is 3.08. The van der Waals surface area contributed by atoms with Crippen LogP contribution >= 0.6 is 0 Å². The number of ether oxygens (including phenoxy) is 1. The number of benzene rings is 2. The van der Waals surface area contributed by atoms with Gasteiger partial charge in [-0.1, -0.05) is 30.3 Å². The van der Waals surface area contributed by atoms with Crippen LogP contribution in [0.3, 0.4) is 0 Å². The number of imidazole rings is 1. The molecule has 0 spiro atoms. The van der Waals surface area contributed by atoms with Gasteiger partial charge in [0.05, 0.1) is 12.8 Å². The topological polar surface area (TPSA) is 46.8 Å². The lowest BCUT2D eigenvalue weighted by molar-refractivity contribution is -0.115. The Kier molecular flexibility index (Phi) is 5.04. The molecule has 0 saturated carbocycles. The number of fused-ring (bicyclic) bond motifs is 1. The van der Waals surface area contributed by atoms with Crippen LogP contribution in [0.4, 0.5) is 11.5 Å². The fourth-order valence-electron chi connectivity index (χ4n) is 3.94. The van der Waals surface area contributed by atoms with Crippen LogP contribution in [0.25, 0.3) is 16.9 Å². The van der Waals surface area contributed by atoms with Crippen molar-refractivity contribution in [3.05, 3.63) is 77.5 Å². The van der Waals surface area contributed by atoms with Crippen molar-refractivity contribution in [3.8, 4) is 17.0 Å². The van der Waals surface area contributed by atoms with E-state index in [0.717, 1.165) is 33.6 Å². The van der Waals surface area contributed by atoms with Crippen LogP contribution < -0.4 is 9.64 Å². The maximum atomic E-state index is 13.0. The number of methoxy groups -OCH3 is 1. The third kappa shape index (κ3) is 3.22. The van der Waals surface area contributed by atoms with Gasteiger partial charge in [0.2, 0.25) is 5.91 Å². The van der Waals surface area contributed by atoms with Crippen molar-refractivity contribution in [2.75, 3.05) is 12.0 Å². The fraction of sp³-hybridized carbons (Fsp3) is 0.200. The Labute approximate surface area is 176 Å². The minimum atomic E-state index is -0.0778. The SMILES string of the molecule is COc1ccccc1-c1nc2cc(C)ccn2c1N(C(C)=O)c1c(C)cccc1C. The third-order valence-corrected chi connectivity index (χ3v) is 5.31. The Bertz CT molecular complexity index is 1240. The van der Waals surface area contributed by atoms with Crippen LogP contribution in [0.15, 0.2) is 60.8 Å². The van der Waals surface area contributed by atoms with Gasteiger partial charge in [-0.2, -0.15) is 0 Å². The van der Waals surface area contributed by atoms with Gasteiger partial charge in [0.1, 0.15) is 17.1 Å². The molecule has 0 atom stereocenters. The molecule has 5 nitrogen and oxygen atoms in total. The number of nitrogens with zero attached hydrogens (tertiary/aromatic N) is 3. The Morgan fingerprint density at radius 2 is 1.70 bits per heavy atom. The van der Waals surface area contributed by atoms with Crippen LogP contribution in [0.1, 0.15) is 23.6 Å². The van der Waals surface area contributed by atoms with E-state index in [4.69, 9.17) is 9.72 Å². The van der Waals surface area contributed by atoms with Gasteiger partial charge in [-0.05, 0) is 61.7 Å². The first-order valence-electron chi connectivity index (χ1n) is 9.91. The maximum Gasteiger partial charge on any atom is 0.229 e. The van der Waals surface area contributed by atoms with Crippen LogP contribution in [-0.4, -0.2) is 22.4 Å². The van der Waals surface area contributed by atoms with Gasteiger partial charge in [0.15, 0.2) is 5.82 Å². The number of hydrogen-bond acceptors (Lipinski definition) is 3. The van der Waals surface area contributed by atoms with Gasteiger partial charge in [0, 0.05) is 18.7 Å². The van der Waals surface area contributed by atoms with E-state index in [0.29, 0.717) is 17.3 Å². The Balaban J connectivity index is 2.11. The summed E-state index contributed by atoms with van der Waals surface area (Å²) in [7, 11) is 1.65. The molecule has 5 heteroatoms. The summed E-state index contributed by atoms with van der Waals surface area (Å²) in [5, 5.41) is 0. The van der Waals surface area contributed by atoms with Crippen LogP contribution in [0.5, 0.6) is 5.75 Å². The summed E-state index contributed by atoms with van der Waals surface area (Å²) in [4.78, 5) is 19.7. The van der Waals surface area contributed by atoms with E-state index in [2.05, 4.69) is 0 Å². The number of carbonyl (C=O) groups excluding carboxylic acids is 1. The number of rotatable bonds is 4. The number of hydrogen-bond donors (Lipinski definition) is 0. The van der Waals surface area contributed by atoms with E-state index in [-0.39, 0.29) is 5.91 Å². The predicted octanol–water partition coefficient (Wildman–Crippen LogP) is 5.62. The monoisotopic (exact) mass is 399 g/mol. The van der Waals surface area contributed by atoms with E-state index in [1.807, 2.05) is 86.0 Å². The highest BCUT2D eigenvalue weighted by Gasteiger charge is 2.27. The minimum absolute atomic E-state index is 0.0778. The normalized spacial score (nSPS) is 11.0. The van der Waals surface area contributed by atoms with Gasteiger partial charge < -0.3 is 4.74 Å². The van der Waals surface area contributed by atoms with Crippen molar-refractivity contribution in [1.29, 1.82) is 0 Å². The van der Waals surface area contributed by atoms with E-state index in [1.54, 1.807) is 18.9 Å². The second-order valence-corrected chi connectivity index (χ2v) is 7.51. The van der Waals surface area contributed by atoms with Crippen LogP contribution in [0.2, 0.25) is 0 Å². The molecule has 152 valence electrons. The predicted molar refractivity (Wildman–Crippen MR) is 121 cm³/mol. The lowest BCUT2D eigenvalue weighted by atomic mass is 10.1. The van der Waals surface area contributed by atoms with Gasteiger partial charge in [-0.3, -0.25) is 14.1 Å². The van der Waals surface area contributed by atoms with Crippen molar-refractivity contribution in [1.82, 2.24) is 9.38 Å². The van der Waals surface area contributed by atoms with Crippen molar-refractivity contribution in [2.45, 2.75) is 27.7 Å². The quantitative estimate of drug-likeness (QED) is 0.447. The number of amides is 1. The molecule has 2 aromatic carbocycles. The molecule has 2 heterocycles. The zero-order chi connectivity index (χ0) is 21.4. The van der Waals surface area contributed by atoms with Gasteiger partial charge in [0.25, 0.3) is 0 Å². The smallest absolute Gasteiger partial charge is 0.229 e. The zero-order valence-electron chi connectivity index (χ0n) is 17.9. The molecular weight excluding hydrogens is 374 g/mol. The average molecular weight is 399 g/mol. The summed E-state index contributed by atoms with van der Waals surface area (Å²) in [6, 6.07) is 17.8. The number of anilines is 2. The fourth-order valence-corrected chi connectivity index (χ4v) is 3.94. The lowest BCUT2D eigenvalue weighted by Gasteiger charge is -2.26. The highest BCUT2D eigenvalue weighted by atomic mass is 16.5. The molecule has 4 rings (SSSR count). The zero-order valence-corrected chi connectivity index (χ0v) is 17.9. The summed E-state index contributed by atoms with van der Waals surface area (Å²) in [5.74, 6) is 1.34. The molecule has 0 unspecified atom stereocenters. The summed E-state index contributed by atoms with van der Waals surface area (Å²) in [6.45, 7) is 7.67. The molecular formula is C25H25N3O2. The number of pyridine rings is 1. The number of para-hydroxylation sites is 2. The highest BCUT2D eigenvalue weighted by molar-refractivity contribution is 6.03. The van der Waals surface area contributed by atoms with E-state index in [9.17, 15) is 4.79 Å². The Morgan fingerprint density at radius 3 is 2.37 bits per heavy atom. The molecule has 0 bridgehead atoms. The number of carbonyl (C=O) groups is 1. The first-order chi connectivity index (χ1) is 14.4. The van der Waals surface area contributed by atoms with Crippen molar-refractivity contribution >= 4 is 23.1 Å². The number of aromatic nitrogens is 2. The highest BCUT2D eigenvalue weighted by Crippen LogP contribution is 2.41. The first-order valence-corrected chi connectivity index (χ1v) is 9.91. The summed E-state index contributed by atoms with van der Waals surface area (Å²) in [5.41, 5.74) is 6.36. The van der Waals surface area contributed by atoms with Crippen molar-refractivity contribution in [2.24, 2.45) is 0 Å². The third-order valence-electron chi connectivity index (χ3n) is 5.31. The molecule has 1 amide bonds. The van der Waals surface area contributed by atoms with Crippen LogP contribution in [-0.2, 0) is 4.79 Å². The Morgan fingerprint density at radius 1 is 1.00 bits per heavy atom. The Hall–Kier alpha value is -3.60. The lowest BCUT2D eigenvalue weighted by Crippen LogP contribution is -2.26. The maximum absolute atomic E-state index is 13.0. The van der Waals surface area contributed by atoms with E-state index >= 15 is 0 Å². The molecule has 0 N–H and O–H groups in total. The van der Waals surface area contributed by atoms with Gasteiger partial charge >= 0.3 is 0 Å². The molecule has 0 radical (unpaired) electrons. The number of aryl methyl sites for hydroxylation is 3. The minimum Gasteiger partial charge on any atom is -0.496 e. The largest absolute Gasteiger partial charge is 0.496 e. The summed E-state index contributed by atoms with van der Waals surface area (Å²) in [6.07, 6.45) is 1.97. The van der Waals surface area contributed by atoms with Gasteiger partial charge in [-0.15, -0.1) is 0 Å². The standard InChI is InChI=1S/C25H25N3O2/c1-16-13-14-27-22(15-16)26-23(20-11-6-7-12-21(20)30-5)25(27)28(19(4)29)24-17(2)9-8-10-18(24)3/h6-15H,1-5H3. The molecule has 30 heavy (non-hydrogen) atoms. The molecule has 0 aliphatic rings. The van der Waals surface area contributed by atoms with E-state index < -0.39 is 0 Å². The molecule has 2 aromatic heterocycles. The van der Waals surface area contributed by atoms with Crippen LogP contribution in [0, 0.1) is 20.8 Å². The molecule has 4 aromatic rings. The molecule has 0 saturated heterocycles.